The third-order valence-electron chi connectivity index (χ3n) is 3.19. The highest BCUT2D eigenvalue weighted by Gasteiger charge is 2.42. The average Bonchev–Trinajstić information content (AvgIpc) is 3.04. The van der Waals surface area contributed by atoms with Gasteiger partial charge in [-0.15, -0.1) is 5.10 Å². The Morgan fingerprint density at radius 1 is 1.35 bits per heavy atom. The van der Waals surface area contributed by atoms with E-state index in [1.54, 1.807) is 0 Å². The van der Waals surface area contributed by atoms with Crippen molar-refractivity contribution in [1.29, 1.82) is 0 Å². The normalized spacial score (nSPS) is 22.6. The van der Waals surface area contributed by atoms with E-state index < -0.39 is 0 Å². The van der Waals surface area contributed by atoms with Gasteiger partial charge in [0.05, 0.1) is 12.6 Å². The molecular formula is C12H15N5. The number of hydrogen-bond acceptors (Lipinski definition) is 4. The minimum Gasteiger partial charge on any atom is -0.313 e. The van der Waals surface area contributed by atoms with Crippen LogP contribution in [0.3, 0.4) is 0 Å². The van der Waals surface area contributed by atoms with E-state index in [2.05, 4.69) is 45.1 Å². The molecule has 17 heavy (non-hydrogen) atoms. The van der Waals surface area contributed by atoms with E-state index >= 15 is 0 Å². The van der Waals surface area contributed by atoms with Crippen LogP contribution in [-0.4, -0.2) is 27.3 Å². The van der Waals surface area contributed by atoms with Gasteiger partial charge in [-0.25, -0.2) is 4.68 Å². The molecule has 5 nitrogen and oxygen atoms in total. The molecular weight excluding hydrogens is 214 g/mol. The lowest BCUT2D eigenvalue weighted by Crippen LogP contribution is -2.13. The van der Waals surface area contributed by atoms with Crippen molar-refractivity contribution in [2.75, 3.05) is 7.05 Å². The number of nitrogens with one attached hydrogen (secondary N) is 1. The highest BCUT2D eigenvalue weighted by atomic mass is 15.6. The quantitative estimate of drug-likeness (QED) is 0.853. The van der Waals surface area contributed by atoms with Crippen LogP contribution in [0.5, 0.6) is 0 Å². The van der Waals surface area contributed by atoms with Crippen LogP contribution in [0.25, 0.3) is 0 Å². The summed E-state index contributed by atoms with van der Waals surface area (Å²) in [7, 11) is 1.90. The zero-order chi connectivity index (χ0) is 11.7. The summed E-state index contributed by atoms with van der Waals surface area (Å²) >= 11 is 0. The molecule has 0 saturated heterocycles. The zero-order valence-corrected chi connectivity index (χ0v) is 9.74. The number of rotatable bonds is 4. The maximum Gasteiger partial charge on any atom is 0.165 e. The molecule has 1 aliphatic rings. The summed E-state index contributed by atoms with van der Waals surface area (Å²) in [5, 5.41) is 15.0. The second-order valence-electron chi connectivity index (χ2n) is 4.39. The molecule has 1 fully saturated rings. The molecule has 0 amide bonds. The van der Waals surface area contributed by atoms with E-state index in [1.165, 1.54) is 5.56 Å². The van der Waals surface area contributed by atoms with Gasteiger partial charge in [-0.3, -0.25) is 0 Å². The van der Waals surface area contributed by atoms with Gasteiger partial charge in [-0.2, -0.15) is 0 Å². The van der Waals surface area contributed by atoms with Crippen LogP contribution in [0.4, 0.5) is 0 Å². The molecule has 0 aliphatic heterocycles. The predicted octanol–water partition coefficient (Wildman–Crippen LogP) is 1.12. The molecule has 0 spiro atoms. The van der Waals surface area contributed by atoms with Gasteiger partial charge in [0, 0.05) is 5.92 Å². The first-order chi connectivity index (χ1) is 8.40. The highest BCUT2D eigenvalue weighted by Crippen LogP contribution is 2.51. The van der Waals surface area contributed by atoms with Crippen LogP contribution in [0.1, 0.15) is 29.8 Å². The Kier molecular flexibility index (Phi) is 2.60. The fourth-order valence-electron chi connectivity index (χ4n) is 2.25. The van der Waals surface area contributed by atoms with Gasteiger partial charge in [0.1, 0.15) is 0 Å². The van der Waals surface area contributed by atoms with Gasteiger partial charge >= 0.3 is 0 Å². The van der Waals surface area contributed by atoms with E-state index in [0.717, 1.165) is 12.2 Å². The van der Waals surface area contributed by atoms with E-state index in [9.17, 15) is 0 Å². The fourth-order valence-corrected chi connectivity index (χ4v) is 2.25. The molecule has 0 radical (unpaired) electrons. The summed E-state index contributed by atoms with van der Waals surface area (Å²) in [6.07, 6.45) is 1.13. The molecule has 1 heterocycles. The molecule has 0 bridgehead atoms. The molecule has 1 aromatic carbocycles. The van der Waals surface area contributed by atoms with E-state index in [4.69, 9.17) is 0 Å². The molecule has 2 atom stereocenters. The minimum absolute atomic E-state index is 0.427. The number of nitrogens with zero attached hydrogens (tertiary/aromatic N) is 4. The lowest BCUT2D eigenvalue weighted by Gasteiger charge is -2.03. The van der Waals surface area contributed by atoms with Crippen molar-refractivity contribution in [2.24, 2.45) is 0 Å². The largest absolute Gasteiger partial charge is 0.313 e. The second kappa shape index (κ2) is 4.25. The Labute approximate surface area is 99.8 Å². The smallest absolute Gasteiger partial charge is 0.165 e. The number of benzene rings is 1. The van der Waals surface area contributed by atoms with Gasteiger partial charge in [0.15, 0.2) is 5.82 Å². The molecule has 1 saturated carbocycles. The summed E-state index contributed by atoms with van der Waals surface area (Å²) in [6.45, 7) is 0.713. The van der Waals surface area contributed by atoms with Crippen molar-refractivity contribution in [3.63, 3.8) is 0 Å². The van der Waals surface area contributed by atoms with Gasteiger partial charge in [0.2, 0.25) is 0 Å². The second-order valence-corrected chi connectivity index (χ2v) is 4.39. The van der Waals surface area contributed by atoms with Crippen molar-refractivity contribution in [2.45, 2.75) is 24.9 Å². The maximum atomic E-state index is 4.09. The zero-order valence-electron chi connectivity index (χ0n) is 9.74. The van der Waals surface area contributed by atoms with Crippen LogP contribution < -0.4 is 5.32 Å². The molecule has 1 N–H and O–H groups in total. The number of aromatic nitrogens is 4. The highest BCUT2D eigenvalue weighted by molar-refractivity contribution is 5.26. The first-order valence-electron chi connectivity index (χ1n) is 5.86. The standard InChI is InChI=1S/C12H15N5/c1-13-8-12-14-15-16-17(12)11-7-10(11)9-5-3-2-4-6-9/h2-6,10-11,13H,7-8H2,1H3. The van der Waals surface area contributed by atoms with Gasteiger partial charge < -0.3 is 5.32 Å². The Balaban J connectivity index is 1.78. The monoisotopic (exact) mass is 229 g/mol. The van der Waals surface area contributed by atoms with E-state index in [0.29, 0.717) is 18.5 Å². The number of hydrogen-bond donors (Lipinski definition) is 1. The lowest BCUT2D eigenvalue weighted by atomic mass is 10.1. The van der Waals surface area contributed by atoms with Crippen LogP contribution in [0.2, 0.25) is 0 Å². The molecule has 1 aliphatic carbocycles. The lowest BCUT2D eigenvalue weighted by molar-refractivity contribution is 0.558. The van der Waals surface area contributed by atoms with Crippen LogP contribution in [-0.2, 0) is 6.54 Å². The summed E-state index contributed by atoms with van der Waals surface area (Å²) < 4.78 is 1.95. The van der Waals surface area contributed by atoms with Crippen molar-refractivity contribution in [1.82, 2.24) is 25.5 Å². The molecule has 5 heteroatoms. The maximum absolute atomic E-state index is 4.09. The Morgan fingerprint density at radius 2 is 2.18 bits per heavy atom. The summed E-state index contributed by atoms with van der Waals surface area (Å²) in [6, 6.07) is 11.0. The first kappa shape index (κ1) is 10.4. The van der Waals surface area contributed by atoms with Crippen molar-refractivity contribution < 1.29 is 0 Å². The molecule has 2 aromatic rings. The van der Waals surface area contributed by atoms with E-state index in [1.807, 2.05) is 17.8 Å². The predicted molar refractivity (Wildman–Crippen MR) is 63.4 cm³/mol. The summed E-state index contributed by atoms with van der Waals surface area (Å²) in [5.41, 5.74) is 1.38. The molecule has 3 rings (SSSR count). The number of tetrazole rings is 1. The minimum atomic E-state index is 0.427. The fraction of sp³-hybridized carbons (Fsp3) is 0.417. The van der Waals surface area contributed by atoms with Crippen LogP contribution in [0, 0.1) is 0 Å². The van der Waals surface area contributed by atoms with Crippen molar-refractivity contribution in [3.05, 3.63) is 41.7 Å². The van der Waals surface area contributed by atoms with Crippen molar-refractivity contribution in [3.8, 4) is 0 Å². The SMILES string of the molecule is CNCc1nnnn1C1CC1c1ccccc1. The Hall–Kier alpha value is -1.75. The Bertz CT molecular complexity index is 493. The van der Waals surface area contributed by atoms with Crippen LogP contribution in [0.15, 0.2) is 30.3 Å². The third-order valence-corrected chi connectivity index (χ3v) is 3.19. The Morgan fingerprint density at radius 3 is 2.94 bits per heavy atom. The first-order valence-corrected chi connectivity index (χ1v) is 5.86. The van der Waals surface area contributed by atoms with Gasteiger partial charge in [-0.1, -0.05) is 30.3 Å². The summed E-state index contributed by atoms with van der Waals surface area (Å²) in [4.78, 5) is 0. The molecule has 1 aromatic heterocycles. The van der Waals surface area contributed by atoms with Crippen LogP contribution >= 0.6 is 0 Å². The molecule has 88 valence electrons. The van der Waals surface area contributed by atoms with Gasteiger partial charge in [-0.05, 0) is 29.5 Å². The summed E-state index contributed by atoms with van der Waals surface area (Å²) in [5.74, 6) is 1.48. The topological polar surface area (TPSA) is 55.6 Å². The van der Waals surface area contributed by atoms with E-state index in [-0.39, 0.29) is 0 Å². The third kappa shape index (κ3) is 1.93. The molecule has 2 unspecified atom stereocenters. The van der Waals surface area contributed by atoms with Gasteiger partial charge in [0.25, 0.3) is 0 Å². The average molecular weight is 229 g/mol. The van der Waals surface area contributed by atoms with Crippen molar-refractivity contribution >= 4 is 0 Å².